The van der Waals surface area contributed by atoms with Gasteiger partial charge >= 0.3 is 23.0 Å². The maximum atomic E-state index is 14.3. The lowest BCUT2D eigenvalue weighted by Crippen LogP contribution is -2.44. The number of halogens is 6. The summed E-state index contributed by atoms with van der Waals surface area (Å²) in [7, 11) is 11.0. The van der Waals surface area contributed by atoms with Crippen molar-refractivity contribution < 1.29 is 61.9 Å². The second-order valence-electron chi connectivity index (χ2n) is 18.3. The van der Waals surface area contributed by atoms with E-state index in [4.69, 9.17) is 20.1 Å². The molecule has 4 aromatic carbocycles. The van der Waals surface area contributed by atoms with E-state index in [1.54, 1.807) is 66.7 Å². The first kappa shape index (κ1) is 88.2. The van der Waals surface area contributed by atoms with Crippen molar-refractivity contribution in [2.24, 2.45) is 48.2 Å². The Morgan fingerprint density at radius 3 is 1.10 bits per heavy atom. The fourth-order valence-corrected chi connectivity index (χ4v) is 9.05. The standard InChI is InChI=1S/C20H16FIN2O4.2C15H15FIN3O3.C4H9NO2.C4H8O2.C2H6O2.3CH4/c1-23-16(10-12-8-9-13(22)11-15(12)21)17(18(25)24(2)20(23)27)19(26)28-14-6-4-3-5-7-14;2*1-18-13(21)12-11(19(2)15(23)20(3)14(12)22)6-8-4-5-9(17)7-10(8)16;1-2-6-3-4-7-5;1-2-6-4-3-5;3-1-2-4;;;/h3-9,11H,10H2,1-2H3;2*4-5,7H,6H2,1-3H3,(H,18,21);2H,1,3-5H2;2,5H,1,3-4H2;3-4H,1-2H2;3*1H4. The second kappa shape index (κ2) is 44.7. The van der Waals surface area contributed by atoms with Crippen molar-refractivity contribution in [1.82, 2.24) is 38.0 Å². The van der Waals surface area contributed by atoms with E-state index in [-0.39, 0.29) is 106 Å². The number of hydrogen-bond donors (Lipinski definition) is 6. The molecule has 0 aliphatic rings. The maximum absolute atomic E-state index is 14.3. The molecule has 516 valence electrons. The Kier molecular flexibility index (Phi) is 42.0. The molecule has 0 spiro atoms. The molecule has 0 bridgehead atoms. The number of aliphatic hydroxyl groups excluding tert-OH is 3. The monoisotopic (exact) mass is 1660 g/mol. The number of amides is 2. The molecule has 0 aliphatic heterocycles. The molecule has 7 N–H and O–H groups in total. The molecular formula is C63H81F3I3N9O16. The van der Waals surface area contributed by atoms with Crippen molar-refractivity contribution >= 4 is 85.6 Å². The van der Waals surface area contributed by atoms with Crippen molar-refractivity contribution in [3.63, 3.8) is 0 Å². The average Bonchev–Trinajstić information content (AvgIpc) is 0.794. The summed E-state index contributed by atoms with van der Waals surface area (Å²) in [6.07, 6.45) is 2.47. The van der Waals surface area contributed by atoms with Crippen LogP contribution in [0, 0.1) is 28.2 Å². The van der Waals surface area contributed by atoms with E-state index >= 15 is 0 Å². The lowest BCUT2D eigenvalue weighted by atomic mass is 10.0. The second-order valence-corrected chi connectivity index (χ2v) is 22.0. The smallest absolute Gasteiger partial charge is 0.351 e. The number of aromatic nitrogens is 6. The highest BCUT2D eigenvalue weighted by molar-refractivity contribution is 14.1. The molecular weight excluding hydrogens is 1580 g/mol. The van der Waals surface area contributed by atoms with Crippen LogP contribution >= 0.6 is 67.8 Å². The van der Waals surface area contributed by atoms with Gasteiger partial charge in [0.1, 0.15) is 59.7 Å². The molecule has 3 heterocycles. The molecule has 2 amide bonds. The van der Waals surface area contributed by atoms with Gasteiger partial charge in [-0.1, -0.05) is 71.8 Å². The number of nitrogens with zero attached hydrogens (tertiary/aromatic N) is 6. The Hall–Kier alpha value is -7.81. The minimum atomic E-state index is -0.900. The number of nitrogens with two attached hydrogens (primary N) is 1. The number of rotatable bonds is 18. The van der Waals surface area contributed by atoms with E-state index in [9.17, 15) is 56.3 Å². The number of hydrogen-bond acceptors (Lipinski definition) is 17. The zero-order valence-corrected chi connectivity index (χ0v) is 57.2. The van der Waals surface area contributed by atoms with Gasteiger partial charge in [0.15, 0.2) is 0 Å². The normalized spacial score (nSPS) is 9.81. The van der Waals surface area contributed by atoms with Gasteiger partial charge in [-0.05, 0) is 133 Å². The first-order valence-corrected chi connectivity index (χ1v) is 29.8. The van der Waals surface area contributed by atoms with Gasteiger partial charge in [-0.3, -0.25) is 51.4 Å². The van der Waals surface area contributed by atoms with E-state index in [0.717, 1.165) is 20.8 Å². The van der Waals surface area contributed by atoms with Crippen LogP contribution in [0.2, 0.25) is 0 Å². The van der Waals surface area contributed by atoms with Gasteiger partial charge in [0, 0.05) is 103 Å². The molecule has 7 aromatic rings. The summed E-state index contributed by atoms with van der Waals surface area (Å²) in [4.78, 5) is 115. The number of esters is 1. The van der Waals surface area contributed by atoms with Gasteiger partial charge in [0.05, 0.1) is 32.3 Å². The lowest BCUT2D eigenvalue weighted by Gasteiger charge is -2.15. The molecule has 94 heavy (non-hydrogen) atoms. The van der Waals surface area contributed by atoms with Crippen molar-refractivity contribution in [2.45, 2.75) is 41.5 Å². The Morgan fingerprint density at radius 2 is 0.819 bits per heavy atom. The van der Waals surface area contributed by atoms with Gasteiger partial charge < -0.3 is 45.0 Å². The summed E-state index contributed by atoms with van der Waals surface area (Å²) in [5.74, 6) is 1.41. The highest BCUT2D eigenvalue weighted by Crippen LogP contribution is 2.21. The minimum absolute atomic E-state index is 0. The van der Waals surface area contributed by atoms with E-state index in [0.29, 0.717) is 34.5 Å². The van der Waals surface area contributed by atoms with Crippen LogP contribution in [0.25, 0.3) is 0 Å². The van der Waals surface area contributed by atoms with Gasteiger partial charge in [-0.15, -0.1) is 0 Å². The first-order valence-electron chi connectivity index (χ1n) is 26.6. The van der Waals surface area contributed by atoms with Crippen LogP contribution in [-0.4, -0.2) is 114 Å². The Morgan fingerprint density at radius 1 is 0.500 bits per heavy atom. The van der Waals surface area contributed by atoms with E-state index in [1.807, 2.05) is 67.8 Å². The fourth-order valence-electron chi connectivity index (χ4n) is 7.69. The molecule has 0 fully saturated rings. The molecule has 0 aliphatic carbocycles. The van der Waals surface area contributed by atoms with E-state index in [1.165, 1.54) is 101 Å². The highest BCUT2D eigenvalue weighted by Gasteiger charge is 2.26. The predicted octanol–water partition coefficient (Wildman–Crippen LogP) is 5.25. The van der Waals surface area contributed by atoms with Gasteiger partial charge in [-0.25, -0.2) is 38.2 Å². The zero-order chi connectivity index (χ0) is 68.8. The molecule has 3 aromatic heterocycles. The number of aliphatic hydroxyl groups is 3. The average molecular weight is 1660 g/mol. The first-order chi connectivity index (χ1) is 43.1. The lowest BCUT2D eigenvalue weighted by molar-refractivity contribution is 0.0728. The van der Waals surface area contributed by atoms with E-state index < -0.39 is 69.0 Å². The summed E-state index contributed by atoms with van der Waals surface area (Å²) in [5, 5.41) is 28.0. The topological polar surface area (TPSA) is 331 Å². The third-order valence-corrected chi connectivity index (χ3v) is 14.4. The van der Waals surface area contributed by atoms with E-state index in [2.05, 4.69) is 44.0 Å². The number of nitrogens with one attached hydrogen (secondary N) is 2. The molecule has 0 saturated heterocycles. The van der Waals surface area contributed by atoms with Crippen LogP contribution in [0.3, 0.4) is 0 Å². The number of ether oxygens (including phenoxy) is 3. The Bertz CT molecular complexity index is 3890. The van der Waals surface area contributed by atoms with Crippen LogP contribution in [0.15, 0.2) is 139 Å². The van der Waals surface area contributed by atoms with Crippen molar-refractivity contribution in [2.75, 3.05) is 53.7 Å². The molecule has 7 rings (SSSR count). The number of carbonyl (C=O) groups excluding carboxylic acids is 3. The van der Waals surface area contributed by atoms with Crippen molar-refractivity contribution in [1.29, 1.82) is 0 Å². The minimum Gasteiger partial charge on any atom is -0.499 e. The molecule has 0 unspecified atom stereocenters. The quantitative estimate of drug-likeness (QED) is 0.0160. The van der Waals surface area contributed by atoms with Gasteiger partial charge in [0.25, 0.3) is 28.5 Å². The van der Waals surface area contributed by atoms with Crippen molar-refractivity contribution in [3.8, 4) is 5.75 Å². The highest BCUT2D eigenvalue weighted by atomic mass is 127. The Balaban J connectivity index is 0. The van der Waals surface area contributed by atoms with Gasteiger partial charge in [0.2, 0.25) is 0 Å². The largest absolute Gasteiger partial charge is 0.499 e. The number of carbonyl (C=O) groups is 3. The number of para-hydroxylation sites is 1. The third-order valence-electron chi connectivity index (χ3n) is 12.4. The summed E-state index contributed by atoms with van der Waals surface area (Å²) < 4.78 is 65.2. The predicted molar refractivity (Wildman–Crippen MR) is 379 cm³/mol. The van der Waals surface area contributed by atoms with Crippen LogP contribution < -0.4 is 55.0 Å². The SMILES string of the molecule is C.C.C.C=COCCO.C=COCCON.CNC(=O)c1c(Cc2ccc(I)cc2F)n(C)c(=O)n(C)c1=O.CNC(=O)c1c(Cc2ccc(I)cc2F)n(C)c(=O)n(C)c1=O.Cn1c(Cc2ccc(I)cc2F)c(C(=O)Oc2ccccc2)c(=O)n(C)c1=O.OCCO. The third kappa shape index (κ3) is 25.5. The summed E-state index contributed by atoms with van der Waals surface area (Å²) >= 11 is 5.95. The summed E-state index contributed by atoms with van der Waals surface area (Å²) in [6.45, 7) is 7.62. The zero-order valence-electron chi connectivity index (χ0n) is 50.7. The summed E-state index contributed by atoms with van der Waals surface area (Å²) in [5.41, 5.74) is -3.23. The van der Waals surface area contributed by atoms with Gasteiger partial charge in [-0.2, -0.15) is 0 Å². The van der Waals surface area contributed by atoms with Crippen LogP contribution in [0.1, 0.15) is 87.1 Å². The van der Waals surface area contributed by atoms with Crippen LogP contribution in [0.5, 0.6) is 5.75 Å². The molecule has 0 atom stereocenters. The fraction of sp³-hybridized carbons (Fsp3) is 0.317. The molecule has 0 radical (unpaired) electrons. The van der Waals surface area contributed by atoms with Crippen molar-refractivity contribution in [3.05, 3.63) is 252 Å². The molecule has 0 saturated carbocycles. The van der Waals surface area contributed by atoms with Crippen LogP contribution in [0.4, 0.5) is 13.2 Å². The maximum Gasteiger partial charge on any atom is 0.351 e. The Labute approximate surface area is 582 Å². The van der Waals surface area contributed by atoms with Crippen LogP contribution in [-0.2, 0) is 75.9 Å². The summed E-state index contributed by atoms with van der Waals surface area (Å²) in [6, 6.07) is 22.2. The number of benzene rings is 4. The molecule has 31 heteroatoms. The molecule has 25 nitrogen and oxygen atoms in total.